The molecule has 12 aromatic carbocycles. The highest BCUT2D eigenvalue weighted by atomic mass is 35.6. The van der Waals surface area contributed by atoms with Crippen LogP contribution < -0.4 is 15.6 Å². The summed E-state index contributed by atoms with van der Waals surface area (Å²) in [6.07, 6.45) is 0. The third-order valence-electron chi connectivity index (χ3n) is 16.6. The molecule has 0 saturated carbocycles. The quantitative estimate of drug-likeness (QED) is 0.0650. The number of rotatable bonds is 12. The summed E-state index contributed by atoms with van der Waals surface area (Å²) in [7, 11) is -4.03. The van der Waals surface area contributed by atoms with Gasteiger partial charge in [0.05, 0.1) is 0 Å². The summed E-state index contributed by atoms with van der Waals surface area (Å²) in [5, 5.41) is 3.64. The van der Waals surface area contributed by atoms with Crippen LogP contribution in [0.3, 0.4) is 0 Å². The molecule has 0 bridgehead atoms. The second kappa shape index (κ2) is 22.1. The first kappa shape index (κ1) is 51.9. The van der Waals surface area contributed by atoms with Crippen LogP contribution in [0.5, 0.6) is 0 Å². The number of hydrogen-bond acceptors (Lipinski definition) is 0. The Kier molecular flexibility index (Phi) is 14.3. The SMILES string of the molecule is Cc1c(-c2ccccc2)c(-c2ccccc2)c(-c2ccccc2)c(C)c1[Si](Cl)(c1c(C)c(-c2ccccc2)c(-c2ccccc2)c(-c2ccccc2)c1C)c1c(C)c(-c2ccccc2)c(-c2ccccc2)c(-c2ccccc2)c1C. The summed E-state index contributed by atoms with van der Waals surface area (Å²) in [6.45, 7) is 14.3. The van der Waals surface area contributed by atoms with Crippen molar-refractivity contribution in [3.05, 3.63) is 306 Å². The molecule has 386 valence electrons. The highest BCUT2D eigenvalue weighted by Gasteiger charge is 2.49. The Morgan fingerprint density at radius 3 is 0.412 bits per heavy atom. The average Bonchev–Trinajstić information content (AvgIpc) is 3.64. The molecule has 12 aromatic rings. The highest BCUT2D eigenvalue weighted by Crippen LogP contribution is 2.50. The van der Waals surface area contributed by atoms with E-state index >= 15 is 0 Å². The first-order chi connectivity index (χ1) is 39.2. The average molecular weight is 1060 g/mol. The van der Waals surface area contributed by atoms with Gasteiger partial charge in [-0.25, -0.2) is 0 Å². The van der Waals surface area contributed by atoms with E-state index < -0.39 is 7.38 Å². The minimum absolute atomic E-state index is 1.15. The molecule has 0 heterocycles. The van der Waals surface area contributed by atoms with Crippen LogP contribution >= 0.6 is 11.1 Å². The second-order valence-corrected chi connectivity index (χ2v) is 25.7. The molecule has 2 heteroatoms. The number of hydrogen-bond donors (Lipinski definition) is 0. The van der Waals surface area contributed by atoms with Crippen LogP contribution in [0, 0.1) is 41.5 Å². The Morgan fingerprint density at radius 2 is 0.287 bits per heavy atom. The topological polar surface area (TPSA) is 0 Å². The van der Waals surface area contributed by atoms with Crippen molar-refractivity contribution >= 4 is 34.0 Å². The maximum atomic E-state index is 10.0. The largest absolute Gasteiger partial charge is 0.249 e. The molecule has 0 nitrogen and oxygen atoms in total. The lowest BCUT2D eigenvalue weighted by atomic mass is 9.82. The van der Waals surface area contributed by atoms with Gasteiger partial charge in [-0.15, -0.1) is 11.1 Å². The van der Waals surface area contributed by atoms with Crippen LogP contribution in [0.25, 0.3) is 100 Å². The van der Waals surface area contributed by atoms with E-state index in [0.717, 1.165) is 33.4 Å². The molecule has 0 radical (unpaired) electrons. The van der Waals surface area contributed by atoms with E-state index in [0.29, 0.717) is 0 Å². The van der Waals surface area contributed by atoms with Crippen molar-refractivity contribution in [1.29, 1.82) is 0 Å². The van der Waals surface area contributed by atoms with Crippen LogP contribution in [0.2, 0.25) is 0 Å². The monoisotopic (exact) mass is 1060 g/mol. The normalized spacial score (nSPS) is 11.4. The Bertz CT molecular complexity index is 3530. The zero-order valence-corrected chi connectivity index (χ0v) is 48.1. The van der Waals surface area contributed by atoms with Gasteiger partial charge in [-0.2, -0.15) is 0 Å². The Balaban J connectivity index is 1.39. The third-order valence-corrected chi connectivity index (χ3v) is 22.6. The minimum atomic E-state index is -4.03. The fourth-order valence-electron chi connectivity index (χ4n) is 13.5. The molecule has 0 spiro atoms. The van der Waals surface area contributed by atoms with Crippen molar-refractivity contribution in [3.63, 3.8) is 0 Å². The zero-order valence-electron chi connectivity index (χ0n) is 46.4. The molecule has 0 aliphatic carbocycles. The highest BCUT2D eigenvalue weighted by molar-refractivity contribution is 7.41. The summed E-state index contributed by atoms with van der Waals surface area (Å²) in [4.78, 5) is 0. The maximum Gasteiger partial charge on any atom is 0.249 e. The Morgan fingerprint density at radius 1 is 0.175 bits per heavy atom. The van der Waals surface area contributed by atoms with Gasteiger partial charge in [0.2, 0.25) is 7.38 Å². The molecule has 0 atom stereocenters. The molecular weight excluding hydrogens is 1000 g/mol. The summed E-state index contributed by atoms with van der Waals surface area (Å²) in [5.74, 6) is 0. The fraction of sp³-hybridized carbons (Fsp3) is 0.0769. The summed E-state index contributed by atoms with van der Waals surface area (Å²) < 4.78 is 0. The minimum Gasteiger partial charge on any atom is -0.149 e. The smallest absolute Gasteiger partial charge is 0.149 e. The molecule has 0 amide bonds. The molecule has 0 saturated heterocycles. The molecule has 0 aliphatic heterocycles. The Hall–Kier alpha value is -8.85. The standard InChI is InChI=1S/C78H63ClSi/c1-52-67(58-34-16-7-17-35-58)73(64-46-28-13-29-47-64)68(59-36-18-8-19-37-59)53(2)76(52)80(79,77-54(3)69(60-38-20-9-21-39-60)74(65-48-30-14-31-49-65)70(55(77)4)61-40-22-10-23-41-61)78-56(5)71(62-42-24-11-25-43-62)75(66-50-32-15-33-51-66)72(57(78)6)63-44-26-12-27-45-63/h7-51H,1-6H3. The zero-order chi connectivity index (χ0) is 54.9. The van der Waals surface area contributed by atoms with Crippen LogP contribution in [-0.2, 0) is 0 Å². The van der Waals surface area contributed by atoms with E-state index in [-0.39, 0.29) is 0 Å². The molecule has 0 unspecified atom stereocenters. The predicted octanol–water partition coefficient (Wildman–Crippen LogP) is 19.7. The van der Waals surface area contributed by atoms with Gasteiger partial charge in [-0.3, -0.25) is 0 Å². The van der Waals surface area contributed by atoms with Gasteiger partial charge in [0.25, 0.3) is 0 Å². The predicted molar refractivity (Wildman–Crippen MR) is 347 cm³/mol. The van der Waals surface area contributed by atoms with E-state index in [2.05, 4.69) is 315 Å². The van der Waals surface area contributed by atoms with Crippen LogP contribution in [0.15, 0.2) is 273 Å². The van der Waals surface area contributed by atoms with Crippen molar-refractivity contribution in [2.75, 3.05) is 0 Å². The van der Waals surface area contributed by atoms with E-state index in [9.17, 15) is 11.1 Å². The van der Waals surface area contributed by atoms with Crippen molar-refractivity contribution in [3.8, 4) is 100 Å². The maximum absolute atomic E-state index is 10.0. The molecule has 12 rings (SSSR count). The second-order valence-electron chi connectivity index (χ2n) is 21.2. The summed E-state index contributed by atoms with van der Waals surface area (Å²) >= 11 is 10.0. The van der Waals surface area contributed by atoms with Gasteiger partial charge in [-0.05, 0) is 191 Å². The van der Waals surface area contributed by atoms with Crippen molar-refractivity contribution < 1.29 is 0 Å². The fourth-order valence-corrected chi connectivity index (χ4v) is 20.6. The van der Waals surface area contributed by atoms with Gasteiger partial charge in [-0.1, -0.05) is 273 Å². The molecule has 0 aliphatic rings. The lowest BCUT2D eigenvalue weighted by Crippen LogP contribution is -2.67. The lowest BCUT2D eigenvalue weighted by molar-refractivity contribution is 1.37. The first-order valence-corrected chi connectivity index (χ1v) is 30.9. The molecule has 0 fully saturated rings. The Labute approximate surface area is 479 Å². The lowest BCUT2D eigenvalue weighted by Gasteiger charge is -2.40. The van der Waals surface area contributed by atoms with Crippen LogP contribution in [0.1, 0.15) is 33.4 Å². The van der Waals surface area contributed by atoms with Gasteiger partial charge >= 0.3 is 0 Å². The van der Waals surface area contributed by atoms with Gasteiger partial charge in [0.15, 0.2) is 0 Å². The van der Waals surface area contributed by atoms with E-state index in [1.807, 2.05) is 0 Å². The van der Waals surface area contributed by atoms with Crippen LogP contribution in [0.4, 0.5) is 0 Å². The first-order valence-electron chi connectivity index (χ1n) is 27.9. The molecular formula is C78H63ClSi. The number of benzene rings is 12. The van der Waals surface area contributed by atoms with Gasteiger partial charge < -0.3 is 0 Å². The van der Waals surface area contributed by atoms with Crippen LogP contribution in [-0.4, -0.2) is 7.38 Å². The van der Waals surface area contributed by atoms with E-state index in [1.165, 1.54) is 116 Å². The van der Waals surface area contributed by atoms with E-state index in [1.54, 1.807) is 0 Å². The molecule has 80 heavy (non-hydrogen) atoms. The van der Waals surface area contributed by atoms with Crippen molar-refractivity contribution in [2.45, 2.75) is 41.5 Å². The molecule has 0 N–H and O–H groups in total. The van der Waals surface area contributed by atoms with Gasteiger partial charge in [0.1, 0.15) is 0 Å². The van der Waals surface area contributed by atoms with Crippen molar-refractivity contribution in [1.82, 2.24) is 0 Å². The van der Waals surface area contributed by atoms with E-state index in [4.69, 9.17) is 0 Å². The summed E-state index contributed by atoms with van der Waals surface area (Å²) in [5.41, 5.74) is 28.4. The summed E-state index contributed by atoms with van der Waals surface area (Å²) in [6, 6.07) is 99.5. The van der Waals surface area contributed by atoms with Crippen molar-refractivity contribution in [2.24, 2.45) is 0 Å². The number of halogens is 1. The van der Waals surface area contributed by atoms with Gasteiger partial charge in [0, 0.05) is 0 Å². The third kappa shape index (κ3) is 8.98. The molecule has 0 aromatic heterocycles.